The van der Waals surface area contributed by atoms with Crippen LogP contribution in [0.5, 0.6) is 0 Å². The van der Waals surface area contributed by atoms with Crippen LogP contribution in [0, 0.1) is 0 Å². The van der Waals surface area contributed by atoms with Crippen molar-refractivity contribution in [3.8, 4) is 22.4 Å². The summed E-state index contributed by atoms with van der Waals surface area (Å²) in [6.45, 7) is 1.95. The van der Waals surface area contributed by atoms with Crippen LogP contribution in [0.3, 0.4) is 0 Å². The molecule has 0 bridgehead atoms. The van der Waals surface area contributed by atoms with Crippen molar-refractivity contribution in [2.24, 2.45) is 0 Å². The Bertz CT molecular complexity index is 967. The lowest BCUT2D eigenvalue weighted by molar-refractivity contribution is 0.149. The number of rotatable bonds is 7. The van der Waals surface area contributed by atoms with E-state index in [2.05, 4.69) is 14.8 Å². The van der Waals surface area contributed by atoms with Crippen LogP contribution in [-0.4, -0.2) is 34.3 Å². The molecule has 0 saturated heterocycles. The Kier molecular flexibility index (Phi) is 5.22. The van der Waals surface area contributed by atoms with E-state index in [4.69, 9.17) is 0 Å². The largest absolute Gasteiger partial charge is 0.412 e. The molecule has 26 heavy (non-hydrogen) atoms. The number of unbranched alkanes of at least 4 members (excludes halogenated alkanes) is 1. The molecule has 0 aliphatic carbocycles. The molecule has 7 nitrogen and oxygen atoms in total. The maximum atomic E-state index is 12.0. The van der Waals surface area contributed by atoms with E-state index in [9.17, 15) is 13.6 Å². The van der Waals surface area contributed by atoms with Crippen molar-refractivity contribution in [1.82, 2.24) is 14.9 Å². The predicted octanol–water partition coefficient (Wildman–Crippen LogP) is 3.39. The van der Waals surface area contributed by atoms with Gasteiger partial charge < -0.3 is 5.21 Å². The summed E-state index contributed by atoms with van der Waals surface area (Å²) in [7, 11) is -3.33. The van der Waals surface area contributed by atoms with Crippen LogP contribution in [0.1, 0.15) is 19.8 Å². The maximum Gasteiger partial charge on any atom is 0.232 e. The van der Waals surface area contributed by atoms with Crippen molar-refractivity contribution in [2.45, 2.75) is 19.8 Å². The molecule has 0 unspecified atom stereocenters. The first-order valence-electron chi connectivity index (χ1n) is 8.29. The Labute approximate surface area is 152 Å². The number of benzene rings is 1. The summed E-state index contributed by atoms with van der Waals surface area (Å²) in [5.41, 5.74) is 3.50. The van der Waals surface area contributed by atoms with Gasteiger partial charge in [0.2, 0.25) is 10.0 Å². The van der Waals surface area contributed by atoms with E-state index in [1.807, 2.05) is 19.1 Å². The highest BCUT2D eigenvalue weighted by atomic mass is 32.2. The number of sulfonamides is 1. The van der Waals surface area contributed by atoms with Crippen LogP contribution < -0.4 is 4.72 Å². The van der Waals surface area contributed by atoms with Crippen molar-refractivity contribution in [2.75, 3.05) is 10.5 Å². The van der Waals surface area contributed by atoms with Gasteiger partial charge in [0.15, 0.2) is 0 Å². The van der Waals surface area contributed by atoms with Gasteiger partial charge in [-0.1, -0.05) is 25.5 Å². The SMILES string of the molecule is CCCCS(=O)(=O)Nc1ccc(-c2cn(O)nc2-c2ccncc2)cc1. The van der Waals surface area contributed by atoms with Crippen LogP contribution in [0.4, 0.5) is 5.69 Å². The minimum Gasteiger partial charge on any atom is -0.412 e. The molecule has 0 amide bonds. The predicted molar refractivity (Wildman–Crippen MR) is 100 cm³/mol. The smallest absolute Gasteiger partial charge is 0.232 e. The summed E-state index contributed by atoms with van der Waals surface area (Å²) in [6, 6.07) is 10.6. The highest BCUT2D eigenvalue weighted by Gasteiger charge is 2.14. The molecule has 0 radical (unpaired) electrons. The normalized spacial score (nSPS) is 11.4. The minimum atomic E-state index is -3.33. The quantitative estimate of drug-likeness (QED) is 0.620. The summed E-state index contributed by atoms with van der Waals surface area (Å²) >= 11 is 0. The zero-order valence-electron chi connectivity index (χ0n) is 14.3. The Morgan fingerprint density at radius 3 is 2.42 bits per heavy atom. The summed E-state index contributed by atoms with van der Waals surface area (Å²) in [4.78, 5) is 4.76. The molecule has 2 N–H and O–H groups in total. The third-order valence-electron chi connectivity index (χ3n) is 3.89. The molecule has 8 heteroatoms. The van der Waals surface area contributed by atoms with E-state index in [1.54, 1.807) is 36.7 Å². The third kappa shape index (κ3) is 4.20. The summed E-state index contributed by atoms with van der Waals surface area (Å²) in [6.07, 6.45) is 6.27. The molecule has 0 spiro atoms. The summed E-state index contributed by atoms with van der Waals surface area (Å²) in [5.74, 6) is 0.106. The molecule has 0 aliphatic heterocycles. The zero-order valence-corrected chi connectivity index (χ0v) is 15.1. The highest BCUT2D eigenvalue weighted by Crippen LogP contribution is 2.31. The lowest BCUT2D eigenvalue weighted by Gasteiger charge is -2.08. The van der Waals surface area contributed by atoms with E-state index in [1.165, 1.54) is 6.20 Å². The fourth-order valence-corrected chi connectivity index (χ4v) is 3.84. The van der Waals surface area contributed by atoms with Crippen molar-refractivity contribution in [1.29, 1.82) is 0 Å². The number of anilines is 1. The second-order valence-electron chi connectivity index (χ2n) is 5.90. The van der Waals surface area contributed by atoms with E-state index in [0.717, 1.165) is 28.0 Å². The van der Waals surface area contributed by atoms with Crippen LogP contribution in [0.15, 0.2) is 55.0 Å². The standard InChI is InChI=1S/C18H20N4O3S/c1-2-3-12-26(24,25)21-16-6-4-14(5-7-16)17-13-22(23)20-18(17)15-8-10-19-11-9-15/h4-11,13,21,23H,2-3,12H2,1H3. The van der Waals surface area contributed by atoms with Crippen molar-refractivity contribution in [3.63, 3.8) is 0 Å². The van der Waals surface area contributed by atoms with E-state index < -0.39 is 10.0 Å². The molecule has 136 valence electrons. The van der Waals surface area contributed by atoms with Crippen molar-refractivity contribution < 1.29 is 13.6 Å². The number of nitrogens with zero attached hydrogens (tertiary/aromatic N) is 3. The van der Waals surface area contributed by atoms with Gasteiger partial charge in [-0.2, -0.15) is 0 Å². The topological polar surface area (TPSA) is 97.1 Å². The molecule has 2 heterocycles. The molecular weight excluding hydrogens is 352 g/mol. The molecule has 0 fully saturated rings. The average Bonchev–Trinajstić information content (AvgIpc) is 3.03. The summed E-state index contributed by atoms with van der Waals surface area (Å²) in [5, 5.41) is 13.9. The van der Waals surface area contributed by atoms with Crippen molar-refractivity contribution in [3.05, 3.63) is 55.0 Å². The van der Waals surface area contributed by atoms with Crippen LogP contribution >= 0.6 is 0 Å². The van der Waals surface area contributed by atoms with Crippen molar-refractivity contribution >= 4 is 15.7 Å². The average molecular weight is 372 g/mol. The molecule has 2 aromatic heterocycles. The van der Waals surface area contributed by atoms with E-state index in [0.29, 0.717) is 17.8 Å². The van der Waals surface area contributed by atoms with Gasteiger partial charge in [-0.3, -0.25) is 9.71 Å². The van der Waals surface area contributed by atoms with Gasteiger partial charge in [-0.15, -0.1) is 9.94 Å². The second-order valence-corrected chi connectivity index (χ2v) is 7.74. The molecular formula is C18H20N4O3S. The molecule has 3 rings (SSSR count). The molecule has 3 aromatic rings. The van der Waals surface area contributed by atoms with Gasteiger partial charge in [-0.05, 0) is 36.2 Å². The van der Waals surface area contributed by atoms with Crippen LogP contribution in [0.2, 0.25) is 0 Å². The lowest BCUT2D eigenvalue weighted by atomic mass is 10.0. The Morgan fingerprint density at radius 2 is 1.77 bits per heavy atom. The number of hydrogen-bond acceptors (Lipinski definition) is 5. The van der Waals surface area contributed by atoms with Gasteiger partial charge >= 0.3 is 0 Å². The third-order valence-corrected chi connectivity index (χ3v) is 5.26. The first-order valence-corrected chi connectivity index (χ1v) is 9.94. The minimum absolute atomic E-state index is 0.106. The Balaban J connectivity index is 1.86. The number of nitrogens with one attached hydrogen (secondary N) is 1. The molecule has 1 aromatic carbocycles. The lowest BCUT2D eigenvalue weighted by Crippen LogP contribution is -2.16. The fourth-order valence-electron chi connectivity index (χ4n) is 2.58. The van der Waals surface area contributed by atoms with Gasteiger partial charge in [0.05, 0.1) is 11.9 Å². The summed E-state index contributed by atoms with van der Waals surface area (Å²) < 4.78 is 26.6. The van der Waals surface area contributed by atoms with E-state index in [-0.39, 0.29) is 5.75 Å². The second kappa shape index (κ2) is 7.57. The number of pyridine rings is 1. The number of aromatic nitrogens is 3. The van der Waals surface area contributed by atoms with Gasteiger partial charge in [0.1, 0.15) is 5.69 Å². The first kappa shape index (κ1) is 17.9. The Hall–Kier alpha value is -2.87. The van der Waals surface area contributed by atoms with Crippen LogP contribution in [0.25, 0.3) is 22.4 Å². The van der Waals surface area contributed by atoms with E-state index >= 15 is 0 Å². The molecule has 0 atom stereocenters. The van der Waals surface area contributed by atoms with Crippen LogP contribution in [-0.2, 0) is 10.0 Å². The number of hydrogen-bond donors (Lipinski definition) is 2. The first-order chi connectivity index (χ1) is 12.5. The maximum absolute atomic E-state index is 12.0. The van der Waals surface area contributed by atoms with Gasteiger partial charge in [0.25, 0.3) is 0 Å². The van der Waals surface area contributed by atoms with Gasteiger partial charge in [-0.25, -0.2) is 8.42 Å². The molecule has 0 saturated carbocycles. The zero-order chi connectivity index (χ0) is 18.6. The van der Waals surface area contributed by atoms with Gasteiger partial charge in [0, 0.05) is 29.2 Å². The molecule has 0 aliphatic rings. The highest BCUT2D eigenvalue weighted by molar-refractivity contribution is 7.92. The Morgan fingerprint density at radius 1 is 1.08 bits per heavy atom. The fraction of sp³-hybridized carbons (Fsp3) is 0.222. The monoisotopic (exact) mass is 372 g/mol.